The van der Waals surface area contributed by atoms with Crippen molar-refractivity contribution < 1.29 is 71.6 Å². The molecule has 12 N–H and O–H groups in total. The number of amides is 4. The maximum absolute atomic E-state index is 14.0. The maximum Gasteiger partial charge on any atom is 0.524 e. The molecule has 22 heteroatoms. The number of carbonyl (C=O) groups is 5. The number of anilines is 1. The lowest BCUT2D eigenvalue weighted by Gasteiger charge is -2.33. The summed E-state index contributed by atoms with van der Waals surface area (Å²) in [5.74, 6) is -5.20. The SMILES string of the molecule is C[C@@](Cc1ccc(OP(=O)(O)O)cc1)(NC(=O)[C@H](Cc1ccc(OP(=O)(O)O)cc1)NC(=O)OCc1cccc(N)c1)C(=O)N[C@@H](CC(N)=O)C(=O)O. The molecule has 286 valence electrons. The molecular weight excluding hydrogens is 744 g/mol. The lowest BCUT2D eigenvalue weighted by Crippen LogP contribution is -2.63. The second-order valence-corrected chi connectivity index (χ2v) is 14.0. The Morgan fingerprint density at radius 1 is 0.792 bits per heavy atom. The number of ether oxygens (including phenoxy) is 1. The van der Waals surface area contributed by atoms with E-state index < -0.39 is 69.5 Å². The molecule has 0 aliphatic rings. The molecule has 4 amide bonds. The fourth-order valence-electron chi connectivity index (χ4n) is 4.76. The predicted molar refractivity (Wildman–Crippen MR) is 184 cm³/mol. The van der Waals surface area contributed by atoms with Gasteiger partial charge in [0.2, 0.25) is 17.7 Å². The van der Waals surface area contributed by atoms with Gasteiger partial charge in [-0.1, -0.05) is 36.4 Å². The van der Waals surface area contributed by atoms with Gasteiger partial charge in [0.25, 0.3) is 0 Å². The van der Waals surface area contributed by atoms with E-state index in [0.29, 0.717) is 16.8 Å². The Bertz CT molecular complexity index is 1900. The number of carboxylic acid groups (broad SMARTS) is 1. The van der Waals surface area contributed by atoms with E-state index in [1.165, 1.54) is 55.5 Å². The van der Waals surface area contributed by atoms with E-state index in [1.807, 2.05) is 0 Å². The second kappa shape index (κ2) is 17.8. The summed E-state index contributed by atoms with van der Waals surface area (Å²) in [5.41, 5.74) is 10.4. The monoisotopic (exact) mass is 781 g/mol. The Balaban J connectivity index is 1.95. The first-order chi connectivity index (χ1) is 24.6. The molecule has 3 aromatic carbocycles. The first-order valence-electron chi connectivity index (χ1n) is 15.2. The highest BCUT2D eigenvalue weighted by molar-refractivity contribution is 7.47. The molecule has 0 saturated carbocycles. The van der Waals surface area contributed by atoms with Crippen molar-refractivity contribution in [3.8, 4) is 11.5 Å². The third kappa shape index (κ3) is 14.6. The Morgan fingerprint density at radius 2 is 1.34 bits per heavy atom. The van der Waals surface area contributed by atoms with Crippen molar-refractivity contribution in [3.63, 3.8) is 0 Å². The van der Waals surface area contributed by atoms with Crippen LogP contribution in [0.25, 0.3) is 0 Å². The van der Waals surface area contributed by atoms with Gasteiger partial charge in [-0.2, -0.15) is 0 Å². The molecule has 0 radical (unpaired) electrons. The van der Waals surface area contributed by atoms with Crippen molar-refractivity contribution in [2.75, 3.05) is 5.73 Å². The van der Waals surface area contributed by atoms with Crippen molar-refractivity contribution in [1.29, 1.82) is 0 Å². The maximum atomic E-state index is 14.0. The standard InChI is InChI=1S/C31H37N5O15P2/c1-31(29(41)34-25(28(39)40)15-26(33)37,16-19-7-11-23(12-8-19)51-53(46,47)48)36-27(38)24(14-18-5-9-22(10-6-18)50-52(43,44)45)35-30(42)49-17-20-3-2-4-21(32)13-20/h2-13,24-25H,14-17,32H2,1H3,(H2,33,37)(H,34,41)(H,35,42)(H,36,38)(H,39,40)(H2,43,44,45)(H2,46,47,48)/t24-,25-,31-/m0/s1. The number of benzene rings is 3. The number of hydrogen-bond donors (Lipinski definition) is 10. The molecule has 53 heavy (non-hydrogen) atoms. The van der Waals surface area contributed by atoms with Crippen LogP contribution in [0.1, 0.15) is 30.0 Å². The van der Waals surface area contributed by atoms with Crippen LogP contribution in [0.5, 0.6) is 11.5 Å². The minimum absolute atomic E-state index is 0.206. The predicted octanol–water partition coefficient (Wildman–Crippen LogP) is 0.612. The van der Waals surface area contributed by atoms with Gasteiger partial charge in [0.15, 0.2) is 0 Å². The van der Waals surface area contributed by atoms with Gasteiger partial charge >= 0.3 is 27.7 Å². The zero-order chi connectivity index (χ0) is 39.6. The fourth-order valence-corrected chi connectivity index (χ4v) is 5.55. The van der Waals surface area contributed by atoms with Crippen molar-refractivity contribution in [2.24, 2.45) is 5.73 Å². The van der Waals surface area contributed by atoms with Crippen LogP contribution in [0.4, 0.5) is 10.5 Å². The highest BCUT2D eigenvalue weighted by atomic mass is 31.2. The highest BCUT2D eigenvalue weighted by Gasteiger charge is 2.40. The third-order valence-electron chi connectivity index (χ3n) is 7.13. The Kier molecular flexibility index (Phi) is 14.1. The van der Waals surface area contributed by atoms with Crippen LogP contribution in [0.15, 0.2) is 72.8 Å². The average Bonchev–Trinajstić information content (AvgIpc) is 3.03. The van der Waals surface area contributed by atoms with E-state index in [4.69, 9.17) is 35.8 Å². The van der Waals surface area contributed by atoms with E-state index in [2.05, 4.69) is 25.0 Å². The molecule has 0 heterocycles. The lowest BCUT2D eigenvalue weighted by atomic mass is 9.90. The van der Waals surface area contributed by atoms with E-state index in [0.717, 1.165) is 0 Å². The number of hydrogen-bond acceptors (Lipinski definition) is 11. The summed E-state index contributed by atoms with van der Waals surface area (Å²) in [6.07, 6.45) is -2.55. The van der Waals surface area contributed by atoms with Crippen LogP contribution < -0.4 is 36.5 Å². The molecule has 0 bridgehead atoms. The summed E-state index contributed by atoms with van der Waals surface area (Å²) in [6.45, 7) is 0.963. The fraction of sp³-hybridized carbons (Fsp3) is 0.258. The molecular formula is C31H37N5O15P2. The van der Waals surface area contributed by atoms with Crippen molar-refractivity contribution in [3.05, 3.63) is 89.5 Å². The third-order valence-corrected chi connectivity index (χ3v) is 8.03. The Hall–Kier alpha value is -5.49. The molecule has 0 aromatic heterocycles. The summed E-state index contributed by atoms with van der Waals surface area (Å²) in [7, 11) is -9.80. The Labute approximate surface area is 301 Å². The van der Waals surface area contributed by atoms with Crippen LogP contribution in [0.3, 0.4) is 0 Å². The number of primary amides is 1. The van der Waals surface area contributed by atoms with Crippen LogP contribution in [-0.2, 0) is 52.5 Å². The van der Waals surface area contributed by atoms with E-state index in [1.54, 1.807) is 24.3 Å². The molecule has 0 fully saturated rings. The number of nitrogen functional groups attached to an aromatic ring is 1. The van der Waals surface area contributed by atoms with Gasteiger partial charge < -0.3 is 46.3 Å². The largest absolute Gasteiger partial charge is 0.524 e. The molecule has 20 nitrogen and oxygen atoms in total. The average molecular weight is 782 g/mol. The number of carbonyl (C=O) groups excluding carboxylic acids is 4. The van der Waals surface area contributed by atoms with Gasteiger partial charge in [-0.25, -0.2) is 18.7 Å². The van der Waals surface area contributed by atoms with Crippen LogP contribution >= 0.6 is 15.6 Å². The summed E-state index contributed by atoms with van der Waals surface area (Å²) in [6, 6.07) is 13.2. The number of phosphoric acid groups is 2. The topological polar surface area (TPSA) is 336 Å². The van der Waals surface area contributed by atoms with Crippen molar-refractivity contribution in [2.45, 2.75) is 50.4 Å². The van der Waals surface area contributed by atoms with Crippen molar-refractivity contribution >= 4 is 51.1 Å². The van der Waals surface area contributed by atoms with Crippen LogP contribution in [0, 0.1) is 0 Å². The molecule has 3 rings (SSSR count). The van der Waals surface area contributed by atoms with Gasteiger partial charge in [0, 0.05) is 18.5 Å². The second-order valence-electron chi connectivity index (χ2n) is 11.7. The number of alkyl carbamates (subject to hydrolysis) is 1. The molecule has 0 aliphatic carbocycles. The summed E-state index contributed by atoms with van der Waals surface area (Å²) >= 11 is 0. The minimum Gasteiger partial charge on any atom is -0.480 e. The summed E-state index contributed by atoms with van der Waals surface area (Å²) in [4.78, 5) is 100. The van der Waals surface area contributed by atoms with Gasteiger partial charge in [-0.15, -0.1) is 0 Å². The number of phosphoric ester groups is 2. The number of rotatable bonds is 18. The van der Waals surface area contributed by atoms with Crippen LogP contribution in [-0.4, -0.2) is 72.1 Å². The van der Waals surface area contributed by atoms with Crippen molar-refractivity contribution in [1.82, 2.24) is 16.0 Å². The highest BCUT2D eigenvalue weighted by Crippen LogP contribution is 2.38. The molecule has 3 atom stereocenters. The molecule has 0 spiro atoms. The zero-order valence-corrected chi connectivity index (χ0v) is 29.6. The first-order valence-corrected chi connectivity index (χ1v) is 18.3. The van der Waals surface area contributed by atoms with E-state index in [9.17, 15) is 38.2 Å². The van der Waals surface area contributed by atoms with Gasteiger partial charge in [-0.3, -0.25) is 34.0 Å². The van der Waals surface area contributed by atoms with Gasteiger partial charge in [0.05, 0.1) is 6.42 Å². The Morgan fingerprint density at radius 3 is 1.83 bits per heavy atom. The van der Waals surface area contributed by atoms with Crippen LogP contribution in [0.2, 0.25) is 0 Å². The number of nitrogens with one attached hydrogen (secondary N) is 3. The summed E-state index contributed by atoms with van der Waals surface area (Å²) in [5, 5.41) is 16.7. The number of carboxylic acids is 1. The van der Waals surface area contributed by atoms with E-state index in [-0.39, 0.29) is 36.5 Å². The zero-order valence-electron chi connectivity index (χ0n) is 27.8. The van der Waals surface area contributed by atoms with Gasteiger partial charge in [-0.05, 0) is 60.0 Å². The van der Waals surface area contributed by atoms with Gasteiger partial charge in [0.1, 0.15) is 35.7 Å². The molecule has 3 aromatic rings. The van der Waals surface area contributed by atoms with E-state index >= 15 is 0 Å². The normalized spacial score (nSPS) is 13.7. The molecule has 0 unspecified atom stereocenters. The lowest BCUT2D eigenvalue weighted by molar-refractivity contribution is -0.144. The first kappa shape index (κ1) is 41.9. The minimum atomic E-state index is -4.91. The summed E-state index contributed by atoms with van der Waals surface area (Å²) < 4.78 is 36.8. The smallest absolute Gasteiger partial charge is 0.480 e. The number of nitrogens with two attached hydrogens (primary N) is 2. The molecule has 0 aliphatic heterocycles. The molecule has 0 saturated heterocycles. The number of aliphatic carboxylic acids is 1. The quantitative estimate of drug-likeness (QED) is 0.0624.